The van der Waals surface area contributed by atoms with Crippen molar-refractivity contribution in [3.8, 4) is 0 Å². The maximum atomic E-state index is 10.8. The van der Waals surface area contributed by atoms with Crippen LogP contribution in [-0.2, 0) is 0 Å². The lowest BCUT2D eigenvalue weighted by molar-refractivity contribution is -0.164. The van der Waals surface area contributed by atoms with Gasteiger partial charge in [0.1, 0.15) is 0 Å². The molecule has 13 heavy (non-hydrogen) atoms. The molecule has 0 aromatic heterocycles. The summed E-state index contributed by atoms with van der Waals surface area (Å²) in [6, 6.07) is 0. The Morgan fingerprint density at radius 2 is 1.92 bits per heavy atom. The highest BCUT2D eigenvalue weighted by Crippen LogP contribution is 2.70. The second-order valence-electron chi connectivity index (χ2n) is 5.49. The zero-order valence-electron chi connectivity index (χ0n) is 8.55. The molecular weight excluding hydrogens is 160 g/mol. The van der Waals surface area contributed by atoms with Gasteiger partial charge < -0.3 is 5.11 Å². The lowest BCUT2D eigenvalue weighted by atomic mass is 9.52. The average Bonchev–Trinajstić information content (AvgIpc) is 2.59. The van der Waals surface area contributed by atoms with Crippen LogP contribution < -0.4 is 0 Å². The van der Waals surface area contributed by atoms with Crippen LogP contribution in [0.5, 0.6) is 0 Å². The van der Waals surface area contributed by atoms with Crippen molar-refractivity contribution in [2.24, 2.45) is 17.3 Å². The Labute approximate surface area is 80.5 Å². The number of aliphatic hydroxyl groups is 1. The molecule has 3 aliphatic carbocycles. The quantitative estimate of drug-likeness (QED) is 0.658. The molecule has 1 nitrogen and oxygen atoms in total. The molecule has 0 saturated heterocycles. The summed E-state index contributed by atoms with van der Waals surface area (Å²) >= 11 is 0. The molecule has 1 spiro atoms. The molecule has 0 aromatic carbocycles. The van der Waals surface area contributed by atoms with E-state index in [-0.39, 0.29) is 5.60 Å². The Kier molecular flexibility index (Phi) is 1.47. The van der Waals surface area contributed by atoms with E-state index in [1.807, 2.05) is 0 Å². The summed E-state index contributed by atoms with van der Waals surface area (Å²) in [6.07, 6.45) is 9.05. The summed E-state index contributed by atoms with van der Waals surface area (Å²) in [5.74, 6) is 1.54. The topological polar surface area (TPSA) is 20.2 Å². The van der Waals surface area contributed by atoms with E-state index in [1.165, 1.54) is 38.5 Å². The van der Waals surface area contributed by atoms with Crippen LogP contribution >= 0.6 is 0 Å². The Morgan fingerprint density at radius 3 is 2.38 bits per heavy atom. The molecule has 3 saturated carbocycles. The Morgan fingerprint density at radius 1 is 1.23 bits per heavy atom. The van der Waals surface area contributed by atoms with E-state index in [1.54, 1.807) is 0 Å². The predicted octanol–water partition coefficient (Wildman–Crippen LogP) is 2.73. The molecule has 0 amide bonds. The fraction of sp³-hybridized carbons (Fsp3) is 1.00. The molecule has 1 heteroatoms. The summed E-state index contributed by atoms with van der Waals surface area (Å²) in [7, 11) is 0. The van der Waals surface area contributed by atoms with Crippen molar-refractivity contribution in [1.29, 1.82) is 0 Å². The highest BCUT2D eigenvalue weighted by atomic mass is 16.3. The Balaban J connectivity index is 2.00. The van der Waals surface area contributed by atoms with Gasteiger partial charge in [-0.05, 0) is 50.4 Å². The smallest absolute Gasteiger partial charge is 0.0731 e. The molecule has 1 N–H and O–H groups in total. The van der Waals surface area contributed by atoms with Gasteiger partial charge in [0.05, 0.1) is 5.60 Å². The van der Waals surface area contributed by atoms with Gasteiger partial charge in [-0.2, -0.15) is 0 Å². The van der Waals surface area contributed by atoms with Crippen LogP contribution in [0, 0.1) is 17.3 Å². The van der Waals surface area contributed by atoms with Crippen LogP contribution in [0.15, 0.2) is 0 Å². The molecule has 0 radical (unpaired) electrons. The average molecular weight is 180 g/mol. The van der Waals surface area contributed by atoms with Crippen LogP contribution in [0.4, 0.5) is 0 Å². The second kappa shape index (κ2) is 2.31. The molecule has 0 aromatic rings. The first-order valence-corrected chi connectivity index (χ1v) is 5.95. The van der Waals surface area contributed by atoms with Gasteiger partial charge in [0, 0.05) is 5.41 Å². The number of hydrogen-bond acceptors (Lipinski definition) is 1. The molecule has 3 aliphatic rings. The van der Waals surface area contributed by atoms with Gasteiger partial charge in [-0.1, -0.05) is 13.3 Å². The third kappa shape index (κ3) is 0.707. The van der Waals surface area contributed by atoms with E-state index in [0.29, 0.717) is 11.3 Å². The van der Waals surface area contributed by atoms with E-state index < -0.39 is 0 Å². The molecule has 3 unspecified atom stereocenters. The summed E-state index contributed by atoms with van der Waals surface area (Å²) in [4.78, 5) is 0. The predicted molar refractivity (Wildman–Crippen MR) is 52.4 cm³/mol. The van der Waals surface area contributed by atoms with E-state index >= 15 is 0 Å². The zero-order chi connectivity index (χ0) is 9.10. The van der Waals surface area contributed by atoms with Gasteiger partial charge in [-0.3, -0.25) is 0 Å². The summed E-state index contributed by atoms with van der Waals surface area (Å²) in [5, 5.41) is 10.8. The molecule has 3 atom stereocenters. The van der Waals surface area contributed by atoms with Crippen molar-refractivity contribution in [2.45, 2.75) is 57.5 Å². The van der Waals surface area contributed by atoms with Crippen LogP contribution in [0.25, 0.3) is 0 Å². The Hall–Kier alpha value is -0.0400. The van der Waals surface area contributed by atoms with E-state index in [9.17, 15) is 5.11 Å². The molecular formula is C12H20O. The van der Waals surface area contributed by atoms with Crippen LogP contribution in [0.3, 0.4) is 0 Å². The third-order valence-corrected chi connectivity index (χ3v) is 5.54. The number of fused-ring (bicyclic) bond motifs is 3. The van der Waals surface area contributed by atoms with Crippen molar-refractivity contribution < 1.29 is 5.11 Å². The van der Waals surface area contributed by atoms with Crippen molar-refractivity contribution in [3.63, 3.8) is 0 Å². The highest BCUT2D eigenvalue weighted by Gasteiger charge is 2.67. The molecule has 3 rings (SSSR count). The summed E-state index contributed by atoms with van der Waals surface area (Å²) < 4.78 is 0. The molecule has 0 heterocycles. The summed E-state index contributed by atoms with van der Waals surface area (Å²) in [5.41, 5.74) is 0.138. The molecule has 3 fully saturated rings. The molecule has 74 valence electrons. The third-order valence-electron chi connectivity index (χ3n) is 5.54. The fourth-order valence-corrected chi connectivity index (χ4v) is 4.72. The lowest BCUT2D eigenvalue weighted by Crippen LogP contribution is -2.55. The Bertz CT molecular complexity index is 216. The van der Waals surface area contributed by atoms with Gasteiger partial charge in [0.2, 0.25) is 0 Å². The number of rotatable bonds is 1. The fourth-order valence-electron chi connectivity index (χ4n) is 4.72. The first-order chi connectivity index (χ1) is 6.23. The highest BCUT2D eigenvalue weighted by molar-refractivity contribution is 5.17. The zero-order valence-corrected chi connectivity index (χ0v) is 8.55. The minimum atomic E-state index is -0.256. The van der Waals surface area contributed by atoms with Crippen molar-refractivity contribution in [3.05, 3.63) is 0 Å². The van der Waals surface area contributed by atoms with E-state index in [2.05, 4.69) is 6.92 Å². The van der Waals surface area contributed by atoms with Crippen LogP contribution in [-0.4, -0.2) is 10.7 Å². The van der Waals surface area contributed by atoms with Crippen LogP contribution in [0.2, 0.25) is 0 Å². The van der Waals surface area contributed by atoms with Gasteiger partial charge in [0.25, 0.3) is 0 Å². The molecule has 0 aliphatic heterocycles. The van der Waals surface area contributed by atoms with Crippen molar-refractivity contribution in [1.82, 2.24) is 0 Å². The van der Waals surface area contributed by atoms with E-state index in [0.717, 1.165) is 12.3 Å². The maximum Gasteiger partial charge on any atom is 0.0731 e. The minimum absolute atomic E-state index is 0.256. The second-order valence-corrected chi connectivity index (χ2v) is 5.49. The van der Waals surface area contributed by atoms with Crippen LogP contribution in [0.1, 0.15) is 51.9 Å². The van der Waals surface area contributed by atoms with Gasteiger partial charge in [0.15, 0.2) is 0 Å². The standard InChI is InChI=1S/C12H20O/c1-2-12(13)10-5-4-9(8-10)11(12)6-3-7-11/h9-10,13H,2-8H2,1H3. The largest absolute Gasteiger partial charge is 0.389 e. The van der Waals surface area contributed by atoms with Gasteiger partial charge in [-0.25, -0.2) is 0 Å². The first kappa shape index (κ1) is 8.28. The van der Waals surface area contributed by atoms with Gasteiger partial charge in [-0.15, -0.1) is 0 Å². The first-order valence-electron chi connectivity index (χ1n) is 5.95. The number of hydrogen-bond donors (Lipinski definition) is 1. The van der Waals surface area contributed by atoms with Crippen molar-refractivity contribution >= 4 is 0 Å². The maximum absolute atomic E-state index is 10.8. The molecule has 2 bridgehead atoms. The van der Waals surface area contributed by atoms with Crippen molar-refractivity contribution in [2.75, 3.05) is 0 Å². The van der Waals surface area contributed by atoms with E-state index in [4.69, 9.17) is 0 Å². The lowest BCUT2D eigenvalue weighted by Gasteiger charge is -2.56. The normalized spacial score (nSPS) is 51.2. The monoisotopic (exact) mass is 180 g/mol. The SMILES string of the molecule is CCC1(O)C2CCC(C2)C12CCC2. The van der Waals surface area contributed by atoms with Gasteiger partial charge >= 0.3 is 0 Å². The minimum Gasteiger partial charge on any atom is -0.389 e. The summed E-state index contributed by atoms with van der Waals surface area (Å²) in [6.45, 7) is 2.18.